The summed E-state index contributed by atoms with van der Waals surface area (Å²) < 4.78 is 15.7. The highest BCUT2D eigenvalue weighted by Crippen LogP contribution is 2.29. The minimum absolute atomic E-state index is 0.0167. The molecule has 1 atom stereocenters. The fourth-order valence-corrected chi connectivity index (χ4v) is 4.24. The smallest absolute Gasteiger partial charge is 0.228 e. The summed E-state index contributed by atoms with van der Waals surface area (Å²) in [6.07, 6.45) is 8.61. The molecule has 0 amide bonds. The monoisotopic (exact) mass is 407 g/mol. The lowest BCUT2D eigenvalue weighted by Gasteiger charge is -2.34. The molecule has 2 aliphatic rings. The molecule has 0 aromatic heterocycles. The molecule has 1 aliphatic carbocycles. The van der Waals surface area contributed by atoms with Crippen LogP contribution in [0.2, 0.25) is 0 Å². The van der Waals surface area contributed by atoms with Crippen molar-refractivity contribution in [1.29, 1.82) is 0 Å². The van der Waals surface area contributed by atoms with Gasteiger partial charge in [0.1, 0.15) is 0 Å². The van der Waals surface area contributed by atoms with Gasteiger partial charge >= 0.3 is 0 Å². The van der Waals surface area contributed by atoms with Crippen molar-refractivity contribution in [3.8, 4) is 0 Å². The maximum absolute atomic E-state index is 12.7. The van der Waals surface area contributed by atoms with E-state index in [4.69, 9.17) is 14.2 Å². The molecule has 0 saturated carbocycles. The predicted octanol–water partition coefficient (Wildman–Crippen LogP) is 3.80. The van der Waals surface area contributed by atoms with Crippen molar-refractivity contribution in [2.24, 2.45) is 0 Å². The van der Waals surface area contributed by atoms with Gasteiger partial charge in [-0.2, -0.15) is 0 Å². The van der Waals surface area contributed by atoms with Crippen molar-refractivity contribution in [1.82, 2.24) is 4.90 Å². The SMILES string of the molecule is CCCCC(CCCCCC1=C(C)C(=O)C(OC)=C(OC)C1=O)N1CCOCC1. The molecule has 0 N–H and O–H groups in total. The summed E-state index contributed by atoms with van der Waals surface area (Å²) in [5.74, 6) is -0.408. The highest BCUT2D eigenvalue weighted by Gasteiger charge is 2.34. The van der Waals surface area contributed by atoms with Crippen LogP contribution in [0.15, 0.2) is 22.7 Å². The first-order valence-electron chi connectivity index (χ1n) is 11.0. The maximum Gasteiger partial charge on any atom is 0.228 e. The number of nitrogens with zero attached hydrogens (tertiary/aromatic N) is 1. The number of unbranched alkanes of at least 4 members (excludes halogenated alkanes) is 3. The second-order valence-corrected chi connectivity index (χ2v) is 7.87. The van der Waals surface area contributed by atoms with Gasteiger partial charge in [-0.3, -0.25) is 14.5 Å². The van der Waals surface area contributed by atoms with Crippen LogP contribution in [0.25, 0.3) is 0 Å². The molecule has 0 bridgehead atoms. The fraction of sp³-hybridized carbons (Fsp3) is 0.739. The van der Waals surface area contributed by atoms with Gasteiger partial charge in [0.15, 0.2) is 0 Å². The van der Waals surface area contributed by atoms with Crippen LogP contribution < -0.4 is 0 Å². The Balaban J connectivity index is 1.84. The summed E-state index contributed by atoms with van der Waals surface area (Å²) in [6, 6.07) is 0.630. The summed E-state index contributed by atoms with van der Waals surface area (Å²) in [4.78, 5) is 27.7. The standard InChI is InChI=1S/C23H37NO5/c1-5-6-10-18(24-13-15-29-16-14-24)11-8-7-9-12-19-17(2)20(25)22(27-3)23(28-4)21(19)26/h18H,5-16H2,1-4H3. The number of ketones is 2. The average molecular weight is 408 g/mol. The van der Waals surface area contributed by atoms with Crippen LogP contribution in [0, 0.1) is 0 Å². The molecule has 1 fully saturated rings. The van der Waals surface area contributed by atoms with E-state index in [0.717, 1.165) is 45.6 Å². The van der Waals surface area contributed by atoms with Crippen LogP contribution >= 0.6 is 0 Å². The highest BCUT2D eigenvalue weighted by molar-refractivity contribution is 6.23. The van der Waals surface area contributed by atoms with Gasteiger partial charge in [-0.05, 0) is 32.6 Å². The minimum Gasteiger partial charge on any atom is -0.489 e. The third-order valence-electron chi connectivity index (χ3n) is 6.01. The van der Waals surface area contributed by atoms with Gasteiger partial charge < -0.3 is 14.2 Å². The third-order valence-corrected chi connectivity index (χ3v) is 6.01. The van der Waals surface area contributed by atoms with Crippen LogP contribution in [-0.4, -0.2) is 63.0 Å². The van der Waals surface area contributed by atoms with Gasteiger partial charge in [0, 0.05) is 30.3 Å². The van der Waals surface area contributed by atoms with Crippen LogP contribution in [0.4, 0.5) is 0 Å². The molecule has 1 aliphatic heterocycles. The van der Waals surface area contributed by atoms with Crippen molar-refractivity contribution in [3.05, 3.63) is 22.7 Å². The predicted molar refractivity (Wildman–Crippen MR) is 113 cm³/mol. The minimum atomic E-state index is -0.245. The lowest BCUT2D eigenvalue weighted by molar-refractivity contribution is -0.121. The molecule has 0 radical (unpaired) electrons. The van der Waals surface area contributed by atoms with Crippen LogP contribution in [0.5, 0.6) is 0 Å². The molecule has 2 rings (SSSR count). The molecular formula is C23H37NO5. The molecule has 0 aromatic rings. The number of ether oxygens (including phenoxy) is 3. The number of allylic oxidation sites excluding steroid dienone is 2. The Morgan fingerprint density at radius 1 is 0.931 bits per heavy atom. The number of Topliss-reactive ketones (excluding diaryl/α,β-unsaturated/α-hetero) is 2. The van der Waals surface area contributed by atoms with Crippen molar-refractivity contribution >= 4 is 11.6 Å². The number of methoxy groups -OCH3 is 2. The Kier molecular flexibility index (Phi) is 9.88. The Morgan fingerprint density at radius 2 is 1.55 bits per heavy atom. The molecule has 164 valence electrons. The zero-order valence-corrected chi connectivity index (χ0v) is 18.6. The second-order valence-electron chi connectivity index (χ2n) is 7.87. The van der Waals surface area contributed by atoms with E-state index in [-0.39, 0.29) is 23.1 Å². The molecule has 29 heavy (non-hydrogen) atoms. The first kappa shape index (κ1) is 23.6. The van der Waals surface area contributed by atoms with Crippen LogP contribution in [-0.2, 0) is 23.8 Å². The Bertz CT molecular complexity index is 631. The molecule has 1 unspecified atom stereocenters. The number of carbonyl (C=O) groups is 2. The van der Waals surface area contributed by atoms with E-state index in [0.29, 0.717) is 23.6 Å². The Labute approximate surface area is 175 Å². The van der Waals surface area contributed by atoms with Crippen LogP contribution in [0.1, 0.15) is 65.2 Å². The number of morpholine rings is 1. The quantitative estimate of drug-likeness (QED) is 0.362. The molecule has 1 saturated heterocycles. The Hall–Kier alpha value is -1.66. The third kappa shape index (κ3) is 6.16. The summed E-state index contributed by atoms with van der Waals surface area (Å²) in [5, 5.41) is 0. The lowest BCUT2D eigenvalue weighted by Crippen LogP contribution is -2.43. The lowest BCUT2D eigenvalue weighted by atomic mass is 9.89. The number of rotatable bonds is 12. The van der Waals surface area contributed by atoms with Crippen molar-refractivity contribution in [3.63, 3.8) is 0 Å². The maximum atomic E-state index is 12.7. The highest BCUT2D eigenvalue weighted by atomic mass is 16.5. The molecule has 6 nitrogen and oxygen atoms in total. The zero-order chi connectivity index (χ0) is 21.2. The van der Waals surface area contributed by atoms with Gasteiger partial charge in [0.05, 0.1) is 27.4 Å². The summed E-state index contributed by atoms with van der Waals surface area (Å²) in [7, 11) is 2.79. The van der Waals surface area contributed by atoms with E-state index in [9.17, 15) is 9.59 Å². The van der Waals surface area contributed by atoms with Gasteiger partial charge in [-0.15, -0.1) is 0 Å². The van der Waals surface area contributed by atoms with Crippen molar-refractivity contribution in [2.75, 3.05) is 40.5 Å². The van der Waals surface area contributed by atoms with E-state index in [1.165, 1.54) is 39.9 Å². The molecule has 6 heteroatoms. The van der Waals surface area contributed by atoms with E-state index in [1.807, 2.05) is 0 Å². The summed E-state index contributed by atoms with van der Waals surface area (Å²) in [5.41, 5.74) is 1.06. The number of carbonyl (C=O) groups excluding carboxylic acids is 2. The van der Waals surface area contributed by atoms with E-state index >= 15 is 0 Å². The molecule has 0 aromatic carbocycles. The summed E-state index contributed by atoms with van der Waals surface area (Å²) in [6.45, 7) is 7.69. The first-order chi connectivity index (χ1) is 14.0. The van der Waals surface area contributed by atoms with Gasteiger partial charge in [0.2, 0.25) is 23.1 Å². The van der Waals surface area contributed by atoms with Gasteiger partial charge in [0.25, 0.3) is 0 Å². The largest absolute Gasteiger partial charge is 0.489 e. The molecule has 1 heterocycles. The topological polar surface area (TPSA) is 65.1 Å². The van der Waals surface area contributed by atoms with Crippen LogP contribution in [0.3, 0.4) is 0 Å². The fourth-order valence-electron chi connectivity index (χ4n) is 4.24. The van der Waals surface area contributed by atoms with E-state index < -0.39 is 0 Å². The van der Waals surface area contributed by atoms with Gasteiger partial charge in [-0.1, -0.05) is 32.6 Å². The summed E-state index contributed by atoms with van der Waals surface area (Å²) >= 11 is 0. The van der Waals surface area contributed by atoms with E-state index in [2.05, 4.69) is 11.8 Å². The average Bonchev–Trinajstić information content (AvgIpc) is 2.75. The van der Waals surface area contributed by atoms with Crippen molar-refractivity contribution in [2.45, 2.75) is 71.3 Å². The molecule has 0 spiro atoms. The number of hydrogen-bond acceptors (Lipinski definition) is 6. The normalized spacial score (nSPS) is 19.7. The van der Waals surface area contributed by atoms with Gasteiger partial charge in [-0.25, -0.2) is 0 Å². The number of hydrogen-bond donors (Lipinski definition) is 0. The first-order valence-corrected chi connectivity index (χ1v) is 11.0. The Morgan fingerprint density at radius 3 is 2.17 bits per heavy atom. The second kappa shape index (κ2) is 12.1. The zero-order valence-electron chi connectivity index (χ0n) is 18.6. The van der Waals surface area contributed by atoms with E-state index in [1.54, 1.807) is 6.92 Å². The van der Waals surface area contributed by atoms with Crippen molar-refractivity contribution < 1.29 is 23.8 Å². The molecular weight excluding hydrogens is 370 g/mol.